The zero-order valence-corrected chi connectivity index (χ0v) is 8.06. The van der Waals surface area contributed by atoms with Crippen LogP contribution < -0.4 is 6.15 Å². The topological polar surface area (TPSA) is 87.6 Å². The van der Waals surface area contributed by atoms with E-state index < -0.39 is 16.0 Å². The average Bonchev–Trinajstić information content (AvgIpc) is 1.60. The second-order valence-corrected chi connectivity index (χ2v) is 4.09. The summed E-state index contributed by atoms with van der Waals surface area (Å²) in [5.41, 5.74) is -0.727. The van der Waals surface area contributed by atoms with Crippen LogP contribution in [0.3, 0.4) is 0 Å². The predicted octanol–water partition coefficient (Wildman–Crippen LogP) is 0.855. The third-order valence-electron chi connectivity index (χ3n) is 0.556. The van der Waals surface area contributed by atoms with E-state index in [4.69, 9.17) is 0 Å². The van der Waals surface area contributed by atoms with Gasteiger partial charge in [0.2, 0.25) is 0 Å². The van der Waals surface area contributed by atoms with Crippen molar-refractivity contribution >= 4 is 10.4 Å². The van der Waals surface area contributed by atoms with Crippen LogP contribution in [0.15, 0.2) is 0 Å². The molecule has 5 nitrogen and oxygen atoms in total. The highest BCUT2D eigenvalue weighted by Gasteiger charge is 2.20. The Morgan fingerprint density at radius 3 is 1.64 bits per heavy atom. The van der Waals surface area contributed by atoms with E-state index in [-0.39, 0.29) is 6.15 Å². The summed E-state index contributed by atoms with van der Waals surface area (Å²) in [7, 11) is -2.72. The minimum absolute atomic E-state index is 0. The number of hydrogen-bond acceptors (Lipinski definition) is 5. The smallest absolute Gasteiger partial charge is 0.344 e. The fourth-order valence-corrected chi connectivity index (χ4v) is 1.02. The molecule has 0 aliphatic heterocycles. The molecule has 0 rings (SSSR count). The maximum atomic E-state index is 10.6. The van der Waals surface area contributed by atoms with Gasteiger partial charge >= 0.3 is 10.4 Å². The molecular weight excluding hydrogens is 170 g/mol. The Kier molecular flexibility index (Phi) is 4.89. The van der Waals surface area contributed by atoms with Crippen molar-refractivity contribution in [2.45, 2.75) is 26.4 Å². The molecule has 0 amide bonds. The molecule has 0 aromatic heterocycles. The highest BCUT2D eigenvalue weighted by atomic mass is 32.3. The van der Waals surface area contributed by atoms with E-state index in [1.807, 2.05) is 0 Å². The monoisotopic (exact) mass is 185 g/mol. The van der Waals surface area contributed by atoms with Crippen LogP contribution in [0.4, 0.5) is 0 Å². The van der Waals surface area contributed by atoms with E-state index in [1.165, 1.54) is 0 Å². The molecule has 11 heavy (non-hydrogen) atoms. The van der Waals surface area contributed by atoms with Crippen molar-refractivity contribution in [1.29, 1.82) is 0 Å². The largest absolute Gasteiger partial charge is 0.400 e. The Labute approximate surface area is 67.6 Å². The molecule has 0 heterocycles. The van der Waals surface area contributed by atoms with Gasteiger partial charge in [0.15, 0.2) is 0 Å². The lowest BCUT2D eigenvalue weighted by molar-refractivity contribution is 0.111. The first-order valence-corrected chi connectivity index (χ1v) is 4.11. The lowest BCUT2D eigenvalue weighted by atomic mass is 10.2. The van der Waals surface area contributed by atoms with Crippen molar-refractivity contribution in [2.24, 2.45) is 0 Å². The van der Waals surface area contributed by atoms with E-state index in [1.54, 1.807) is 20.8 Å². The van der Waals surface area contributed by atoms with Crippen LogP contribution in [0.5, 0.6) is 0 Å². The van der Waals surface area contributed by atoms with Crippen LogP contribution in [0, 0.1) is 0 Å². The highest BCUT2D eigenvalue weighted by Crippen LogP contribution is 2.11. The molecule has 0 radical (unpaired) electrons. The van der Waals surface area contributed by atoms with Crippen LogP contribution in [0.2, 0.25) is 0 Å². The Morgan fingerprint density at radius 1 is 1.18 bits per heavy atom. The SMILES string of the molecule is COS(=O)(=O)OC(C)(C)C.N. The van der Waals surface area contributed by atoms with Gasteiger partial charge in [0.05, 0.1) is 12.7 Å². The van der Waals surface area contributed by atoms with Crippen molar-refractivity contribution in [3.8, 4) is 0 Å². The summed E-state index contributed by atoms with van der Waals surface area (Å²) in [6.07, 6.45) is 0. The van der Waals surface area contributed by atoms with Gasteiger partial charge in [0.25, 0.3) is 0 Å². The van der Waals surface area contributed by atoms with Gasteiger partial charge in [-0.05, 0) is 20.8 Å². The van der Waals surface area contributed by atoms with E-state index in [9.17, 15) is 8.42 Å². The van der Waals surface area contributed by atoms with Crippen molar-refractivity contribution in [1.82, 2.24) is 6.15 Å². The summed E-state index contributed by atoms with van der Waals surface area (Å²) in [5, 5.41) is 0. The number of hydrogen-bond donors (Lipinski definition) is 1. The van der Waals surface area contributed by atoms with E-state index in [0.717, 1.165) is 7.11 Å². The summed E-state index contributed by atoms with van der Waals surface area (Å²) in [4.78, 5) is 0. The molecule has 0 saturated carbocycles. The van der Waals surface area contributed by atoms with Gasteiger partial charge in [-0.3, -0.25) is 4.18 Å². The van der Waals surface area contributed by atoms with Crippen LogP contribution in [0.1, 0.15) is 20.8 Å². The standard InChI is InChI=1S/C5H12O4S.H3N/c1-5(2,3)9-10(6,7)8-4;/h1-4H3;1H3. The van der Waals surface area contributed by atoms with Crippen LogP contribution >= 0.6 is 0 Å². The van der Waals surface area contributed by atoms with Gasteiger partial charge in [-0.25, -0.2) is 4.18 Å². The minimum Gasteiger partial charge on any atom is -0.344 e. The Morgan fingerprint density at radius 2 is 1.55 bits per heavy atom. The zero-order valence-electron chi connectivity index (χ0n) is 7.25. The summed E-state index contributed by atoms with van der Waals surface area (Å²) in [6.45, 7) is 4.89. The molecule has 0 saturated heterocycles. The summed E-state index contributed by atoms with van der Waals surface area (Å²) in [6, 6.07) is 0. The molecular formula is C5H15NO4S. The third-order valence-corrected chi connectivity index (χ3v) is 1.67. The molecule has 0 aromatic carbocycles. The molecule has 0 spiro atoms. The summed E-state index contributed by atoms with van der Waals surface area (Å²) >= 11 is 0. The fraction of sp³-hybridized carbons (Fsp3) is 1.00. The quantitative estimate of drug-likeness (QED) is 0.689. The molecule has 6 heteroatoms. The van der Waals surface area contributed by atoms with Gasteiger partial charge in [-0.15, -0.1) is 0 Å². The van der Waals surface area contributed by atoms with Crippen LogP contribution in [-0.4, -0.2) is 21.1 Å². The molecule has 0 unspecified atom stereocenters. The van der Waals surface area contributed by atoms with Crippen LogP contribution in [-0.2, 0) is 18.8 Å². The van der Waals surface area contributed by atoms with E-state index >= 15 is 0 Å². The van der Waals surface area contributed by atoms with Crippen molar-refractivity contribution in [3.05, 3.63) is 0 Å². The second-order valence-electron chi connectivity index (χ2n) is 2.77. The molecule has 3 N–H and O–H groups in total. The predicted molar refractivity (Wildman–Crippen MR) is 41.8 cm³/mol. The van der Waals surface area contributed by atoms with Gasteiger partial charge < -0.3 is 6.15 Å². The third kappa shape index (κ3) is 7.73. The first-order valence-electron chi connectivity index (χ1n) is 2.78. The molecule has 0 fully saturated rings. The average molecular weight is 185 g/mol. The lowest BCUT2D eigenvalue weighted by Gasteiger charge is -2.16. The van der Waals surface area contributed by atoms with Crippen molar-refractivity contribution < 1.29 is 16.8 Å². The first kappa shape index (κ1) is 13.4. The van der Waals surface area contributed by atoms with Crippen molar-refractivity contribution in [2.75, 3.05) is 7.11 Å². The van der Waals surface area contributed by atoms with Crippen molar-refractivity contribution in [3.63, 3.8) is 0 Å². The van der Waals surface area contributed by atoms with Gasteiger partial charge in [-0.2, -0.15) is 8.42 Å². The van der Waals surface area contributed by atoms with Crippen LogP contribution in [0.25, 0.3) is 0 Å². The maximum Gasteiger partial charge on any atom is 0.400 e. The Hall–Kier alpha value is -0.170. The van der Waals surface area contributed by atoms with Gasteiger partial charge in [0.1, 0.15) is 0 Å². The zero-order chi connectivity index (χ0) is 8.41. The lowest BCUT2D eigenvalue weighted by Crippen LogP contribution is -2.24. The Bertz CT molecular complexity index is 191. The molecule has 0 bridgehead atoms. The van der Waals surface area contributed by atoms with Gasteiger partial charge in [-0.1, -0.05) is 0 Å². The molecule has 0 aliphatic carbocycles. The second kappa shape index (κ2) is 4.01. The fourth-order valence-electron chi connectivity index (χ4n) is 0.340. The molecule has 0 atom stereocenters. The van der Waals surface area contributed by atoms with Gasteiger partial charge in [0, 0.05) is 0 Å². The highest BCUT2D eigenvalue weighted by molar-refractivity contribution is 7.81. The van der Waals surface area contributed by atoms with E-state index in [0.29, 0.717) is 0 Å². The molecule has 0 aliphatic rings. The molecule has 0 aromatic rings. The normalized spacial score (nSPS) is 12.4. The summed E-state index contributed by atoms with van der Waals surface area (Å²) in [5.74, 6) is 0. The molecule has 70 valence electrons. The Balaban J connectivity index is 0. The summed E-state index contributed by atoms with van der Waals surface area (Å²) < 4.78 is 29.7. The number of rotatable bonds is 2. The first-order chi connectivity index (χ1) is 4.27. The van der Waals surface area contributed by atoms with E-state index in [2.05, 4.69) is 8.37 Å². The minimum atomic E-state index is -3.78. The maximum absolute atomic E-state index is 10.6.